The number of nitrogens with one attached hydrogen (secondary N) is 2. The molecule has 0 amide bonds. The highest BCUT2D eigenvalue weighted by Crippen LogP contribution is 2.10. The zero-order chi connectivity index (χ0) is 15.0. The molecular formula is C16H35IN4. The molecule has 0 radical (unpaired) electrons. The minimum atomic E-state index is 0. The zero-order valence-electron chi connectivity index (χ0n) is 14.5. The minimum Gasteiger partial charge on any atom is -0.356 e. The molecule has 4 nitrogen and oxygen atoms in total. The van der Waals surface area contributed by atoms with Crippen molar-refractivity contribution in [1.82, 2.24) is 15.5 Å². The maximum Gasteiger partial charge on any atom is 0.191 e. The van der Waals surface area contributed by atoms with Gasteiger partial charge in [0.1, 0.15) is 0 Å². The van der Waals surface area contributed by atoms with E-state index in [9.17, 15) is 0 Å². The van der Waals surface area contributed by atoms with Gasteiger partial charge in [0, 0.05) is 26.2 Å². The van der Waals surface area contributed by atoms with Crippen LogP contribution in [-0.2, 0) is 0 Å². The van der Waals surface area contributed by atoms with Gasteiger partial charge in [-0.2, -0.15) is 0 Å². The highest BCUT2D eigenvalue weighted by Gasteiger charge is 2.14. The van der Waals surface area contributed by atoms with Gasteiger partial charge in [-0.05, 0) is 44.7 Å². The van der Waals surface area contributed by atoms with Crippen LogP contribution in [0.5, 0.6) is 0 Å². The van der Waals surface area contributed by atoms with E-state index in [-0.39, 0.29) is 24.0 Å². The molecule has 0 aromatic rings. The third-order valence-electron chi connectivity index (χ3n) is 4.22. The molecule has 0 bridgehead atoms. The summed E-state index contributed by atoms with van der Waals surface area (Å²) in [7, 11) is 1.84. The van der Waals surface area contributed by atoms with Crippen molar-refractivity contribution < 1.29 is 0 Å². The number of guanidine groups is 1. The van der Waals surface area contributed by atoms with Gasteiger partial charge in [0.25, 0.3) is 0 Å². The summed E-state index contributed by atoms with van der Waals surface area (Å²) < 4.78 is 0. The van der Waals surface area contributed by atoms with Crippen LogP contribution in [0.2, 0.25) is 0 Å². The molecule has 2 atom stereocenters. The van der Waals surface area contributed by atoms with Gasteiger partial charge in [0.05, 0.1) is 0 Å². The first-order valence-corrected chi connectivity index (χ1v) is 8.22. The van der Waals surface area contributed by atoms with Crippen LogP contribution in [0, 0.1) is 11.8 Å². The van der Waals surface area contributed by atoms with Crippen LogP contribution in [0.25, 0.3) is 0 Å². The molecule has 5 heteroatoms. The second kappa shape index (κ2) is 11.5. The number of hydrogen-bond acceptors (Lipinski definition) is 2. The lowest BCUT2D eigenvalue weighted by atomic mass is 10.1. The largest absolute Gasteiger partial charge is 0.356 e. The van der Waals surface area contributed by atoms with Crippen LogP contribution in [0.4, 0.5) is 0 Å². The van der Waals surface area contributed by atoms with Gasteiger partial charge in [-0.25, -0.2) is 0 Å². The summed E-state index contributed by atoms with van der Waals surface area (Å²) in [5, 5.41) is 6.91. The fourth-order valence-corrected chi connectivity index (χ4v) is 2.50. The molecule has 0 aromatic heterocycles. The third-order valence-corrected chi connectivity index (χ3v) is 4.22. The predicted octanol–water partition coefficient (Wildman–Crippen LogP) is 2.94. The average Bonchev–Trinajstić information content (AvgIpc) is 2.44. The monoisotopic (exact) mass is 410 g/mol. The van der Waals surface area contributed by atoms with Crippen LogP contribution in [-0.4, -0.2) is 50.1 Å². The van der Waals surface area contributed by atoms with Gasteiger partial charge in [-0.1, -0.05) is 27.2 Å². The van der Waals surface area contributed by atoms with E-state index in [2.05, 4.69) is 48.2 Å². The quantitative estimate of drug-likeness (QED) is 0.402. The van der Waals surface area contributed by atoms with Gasteiger partial charge >= 0.3 is 0 Å². The Balaban J connectivity index is 0.00000400. The maximum absolute atomic E-state index is 4.31. The molecule has 1 rings (SSSR count). The van der Waals surface area contributed by atoms with E-state index in [0.717, 1.165) is 12.5 Å². The number of nitrogens with zero attached hydrogens (tertiary/aromatic N) is 2. The molecule has 2 unspecified atom stereocenters. The van der Waals surface area contributed by atoms with Gasteiger partial charge < -0.3 is 15.5 Å². The van der Waals surface area contributed by atoms with E-state index in [0.29, 0.717) is 17.9 Å². The maximum atomic E-state index is 4.31. The Labute approximate surface area is 148 Å². The molecule has 2 N–H and O–H groups in total. The van der Waals surface area contributed by atoms with Gasteiger partial charge in [-0.15, -0.1) is 24.0 Å². The lowest BCUT2D eigenvalue weighted by molar-refractivity contribution is 0.201. The van der Waals surface area contributed by atoms with Crippen LogP contribution in [0.1, 0.15) is 47.0 Å². The van der Waals surface area contributed by atoms with Crippen molar-refractivity contribution >= 4 is 29.9 Å². The molecular weight excluding hydrogens is 375 g/mol. The van der Waals surface area contributed by atoms with Crippen molar-refractivity contribution in [1.29, 1.82) is 0 Å². The summed E-state index contributed by atoms with van der Waals surface area (Å²) in [5.74, 6) is 2.19. The Morgan fingerprint density at radius 3 is 2.24 bits per heavy atom. The van der Waals surface area contributed by atoms with E-state index in [1.807, 2.05) is 7.05 Å². The lowest BCUT2D eigenvalue weighted by Crippen LogP contribution is -2.46. The predicted molar refractivity (Wildman–Crippen MR) is 104 cm³/mol. The normalized spacial score (nSPS) is 19.8. The second-order valence-corrected chi connectivity index (χ2v) is 6.60. The van der Waals surface area contributed by atoms with Gasteiger partial charge in [0.15, 0.2) is 5.96 Å². The number of piperidine rings is 1. The first-order valence-electron chi connectivity index (χ1n) is 8.22. The Kier molecular flexibility index (Phi) is 11.5. The Morgan fingerprint density at radius 1 is 1.10 bits per heavy atom. The fraction of sp³-hybridized carbons (Fsp3) is 0.938. The van der Waals surface area contributed by atoms with E-state index < -0.39 is 0 Å². The average molecular weight is 410 g/mol. The molecule has 0 aromatic carbocycles. The highest BCUT2D eigenvalue weighted by molar-refractivity contribution is 14.0. The SMILES string of the molecule is CN=C(NCC(C)CN1CCCCC1)NC(C)C(C)C.I. The molecule has 0 spiro atoms. The molecule has 1 heterocycles. The smallest absolute Gasteiger partial charge is 0.191 e. The van der Waals surface area contributed by atoms with Crippen molar-refractivity contribution in [2.24, 2.45) is 16.8 Å². The van der Waals surface area contributed by atoms with Gasteiger partial charge in [-0.3, -0.25) is 4.99 Å². The summed E-state index contributed by atoms with van der Waals surface area (Å²) in [4.78, 5) is 6.91. The third kappa shape index (κ3) is 8.86. The standard InChI is InChI=1S/C16H34N4.HI/c1-13(2)15(4)19-16(17-5)18-11-14(3)12-20-9-7-6-8-10-20;/h13-15H,6-12H2,1-5H3,(H2,17,18,19);1H. The van der Waals surface area contributed by atoms with Crippen LogP contribution in [0.15, 0.2) is 4.99 Å². The number of hydrogen-bond donors (Lipinski definition) is 2. The molecule has 126 valence electrons. The van der Waals surface area contributed by atoms with Crippen molar-refractivity contribution in [2.75, 3.05) is 33.2 Å². The van der Waals surface area contributed by atoms with E-state index in [1.54, 1.807) is 0 Å². The molecule has 0 aliphatic carbocycles. The lowest BCUT2D eigenvalue weighted by Gasteiger charge is -2.29. The van der Waals surface area contributed by atoms with Crippen molar-refractivity contribution in [3.8, 4) is 0 Å². The summed E-state index contributed by atoms with van der Waals surface area (Å²) in [5.41, 5.74) is 0. The van der Waals surface area contributed by atoms with E-state index >= 15 is 0 Å². The first-order chi connectivity index (χ1) is 9.52. The number of likely N-dealkylation sites (tertiary alicyclic amines) is 1. The highest BCUT2D eigenvalue weighted by atomic mass is 127. The number of rotatable bonds is 6. The molecule has 1 saturated heterocycles. The topological polar surface area (TPSA) is 39.7 Å². The molecule has 21 heavy (non-hydrogen) atoms. The zero-order valence-corrected chi connectivity index (χ0v) is 16.8. The van der Waals surface area contributed by atoms with Crippen LogP contribution >= 0.6 is 24.0 Å². The van der Waals surface area contributed by atoms with Crippen molar-refractivity contribution in [3.63, 3.8) is 0 Å². The molecule has 1 aliphatic rings. The molecule has 1 aliphatic heterocycles. The number of halogens is 1. The first kappa shape index (κ1) is 21.0. The minimum absolute atomic E-state index is 0. The Hall–Kier alpha value is -0.0400. The summed E-state index contributed by atoms with van der Waals surface area (Å²) in [6.45, 7) is 13.7. The summed E-state index contributed by atoms with van der Waals surface area (Å²) in [6, 6.07) is 0.443. The Bertz CT molecular complexity index is 288. The fourth-order valence-electron chi connectivity index (χ4n) is 2.50. The van der Waals surface area contributed by atoms with Crippen molar-refractivity contribution in [2.45, 2.75) is 53.0 Å². The van der Waals surface area contributed by atoms with Gasteiger partial charge in [0.2, 0.25) is 0 Å². The van der Waals surface area contributed by atoms with Crippen LogP contribution in [0.3, 0.4) is 0 Å². The second-order valence-electron chi connectivity index (χ2n) is 6.60. The van der Waals surface area contributed by atoms with E-state index in [1.165, 1.54) is 38.9 Å². The number of aliphatic imine (C=N–C) groups is 1. The molecule has 0 saturated carbocycles. The van der Waals surface area contributed by atoms with Crippen LogP contribution < -0.4 is 10.6 Å². The van der Waals surface area contributed by atoms with Crippen molar-refractivity contribution in [3.05, 3.63) is 0 Å². The van der Waals surface area contributed by atoms with E-state index in [4.69, 9.17) is 0 Å². The Morgan fingerprint density at radius 2 is 1.71 bits per heavy atom. The molecule has 1 fully saturated rings. The summed E-state index contributed by atoms with van der Waals surface area (Å²) in [6.07, 6.45) is 4.15. The summed E-state index contributed by atoms with van der Waals surface area (Å²) >= 11 is 0.